The lowest BCUT2D eigenvalue weighted by molar-refractivity contribution is -0.119. The minimum absolute atomic E-state index is 0.0355. The van der Waals surface area contributed by atoms with Crippen LogP contribution in [0.2, 0.25) is 0 Å². The fourth-order valence-electron chi connectivity index (χ4n) is 1.79. The minimum atomic E-state index is -0.0355. The molecule has 0 atom stereocenters. The van der Waals surface area contributed by atoms with Crippen molar-refractivity contribution in [3.63, 3.8) is 0 Å². The van der Waals surface area contributed by atoms with Gasteiger partial charge in [0.05, 0.1) is 6.26 Å². The summed E-state index contributed by atoms with van der Waals surface area (Å²) in [4.78, 5) is 11.0. The second-order valence-electron chi connectivity index (χ2n) is 3.90. The monoisotopic (exact) mass is 232 g/mol. The molecule has 90 valence electrons. The van der Waals surface area contributed by atoms with E-state index in [4.69, 9.17) is 4.42 Å². The lowest BCUT2D eigenvalue weighted by atomic mass is 10.1. The fraction of sp³-hybridized carbons (Fsp3) is 0.308. The van der Waals surface area contributed by atoms with Gasteiger partial charge in [-0.25, -0.2) is 0 Å². The third-order valence-electron chi connectivity index (χ3n) is 2.69. The van der Waals surface area contributed by atoms with Crippen LogP contribution < -0.4 is 5.32 Å². The largest absolute Gasteiger partial charge is 0.447 e. The van der Waals surface area contributed by atoms with Crippen LogP contribution in [0.3, 0.4) is 0 Å². The number of nitrogens with one attached hydrogen (secondary N) is 1. The van der Waals surface area contributed by atoms with Crippen molar-refractivity contribution in [2.24, 2.45) is 0 Å². The number of nitrogens with zero attached hydrogens (tertiary/aromatic N) is 1. The summed E-state index contributed by atoms with van der Waals surface area (Å²) >= 11 is 0. The Hall–Kier alpha value is -1.97. The van der Waals surface area contributed by atoms with Gasteiger partial charge in [0, 0.05) is 31.4 Å². The average Bonchev–Trinajstić information content (AvgIpc) is 2.94. The van der Waals surface area contributed by atoms with E-state index >= 15 is 0 Å². The Bertz CT molecular complexity index is 497. The Morgan fingerprint density at radius 1 is 1.41 bits per heavy atom. The van der Waals surface area contributed by atoms with Gasteiger partial charge in [0.15, 0.2) is 0 Å². The van der Waals surface area contributed by atoms with Crippen molar-refractivity contribution in [2.45, 2.75) is 26.8 Å². The first-order valence-corrected chi connectivity index (χ1v) is 5.69. The molecule has 0 saturated heterocycles. The number of hydrogen-bond acceptors (Lipinski definition) is 2. The zero-order chi connectivity index (χ0) is 12.3. The van der Waals surface area contributed by atoms with Crippen molar-refractivity contribution in [1.29, 1.82) is 0 Å². The Morgan fingerprint density at radius 3 is 2.71 bits per heavy atom. The Labute approximate surface area is 100 Å². The van der Waals surface area contributed by atoms with Crippen molar-refractivity contribution >= 4 is 5.91 Å². The summed E-state index contributed by atoms with van der Waals surface area (Å²) in [6, 6.07) is 3.88. The van der Waals surface area contributed by atoms with Gasteiger partial charge in [0.1, 0.15) is 0 Å². The number of hydrogen-bond donors (Lipinski definition) is 1. The van der Waals surface area contributed by atoms with Gasteiger partial charge in [-0.1, -0.05) is 6.92 Å². The average molecular weight is 232 g/mol. The molecule has 4 nitrogen and oxygen atoms in total. The van der Waals surface area contributed by atoms with Crippen LogP contribution in [0, 0.1) is 0 Å². The highest BCUT2D eigenvalue weighted by molar-refractivity contribution is 5.73. The van der Waals surface area contributed by atoms with Crippen molar-refractivity contribution < 1.29 is 9.21 Å². The Balaban J connectivity index is 2.32. The normalized spacial score (nSPS) is 10.5. The van der Waals surface area contributed by atoms with E-state index in [9.17, 15) is 4.79 Å². The van der Waals surface area contributed by atoms with Crippen LogP contribution in [-0.4, -0.2) is 10.5 Å². The summed E-state index contributed by atoms with van der Waals surface area (Å²) in [5, 5.41) is 2.81. The molecule has 0 unspecified atom stereocenters. The van der Waals surface area contributed by atoms with Crippen LogP contribution in [0.25, 0.3) is 5.88 Å². The molecule has 1 amide bonds. The van der Waals surface area contributed by atoms with Gasteiger partial charge < -0.3 is 9.73 Å². The molecule has 0 spiro atoms. The smallest absolute Gasteiger partial charge is 0.217 e. The molecule has 0 fully saturated rings. The highest BCUT2D eigenvalue weighted by Gasteiger charge is 2.13. The SMILES string of the molecule is CCc1coc(-n2cccc2)c1CNC(C)=O. The van der Waals surface area contributed by atoms with Gasteiger partial charge in [-0.3, -0.25) is 9.36 Å². The molecule has 2 aromatic heterocycles. The maximum Gasteiger partial charge on any atom is 0.217 e. The zero-order valence-electron chi connectivity index (χ0n) is 10.1. The summed E-state index contributed by atoms with van der Waals surface area (Å²) in [5.74, 6) is 0.743. The summed E-state index contributed by atoms with van der Waals surface area (Å²) in [5.41, 5.74) is 2.17. The quantitative estimate of drug-likeness (QED) is 0.879. The zero-order valence-corrected chi connectivity index (χ0v) is 10.1. The van der Waals surface area contributed by atoms with Crippen molar-refractivity contribution in [3.05, 3.63) is 41.9 Å². The van der Waals surface area contributed by atoms with Gasteiger partial charge >= 0.3 is 0 Å². The lowest BCUT2D eigenvalue weighted by Gasteiger charge is -2.06. The van der Waals surface area contributed by atoms with Gasteiger partial charge in [-0.2, -0.15) is 0 Å². The number of amides is 1. The number of aromatic nitrogens is 1. The topological polar surface area (TPSA) is 47.2 Å². The third-order valence-corrected chi connectivity index (χ3v) is 2.69. The van der Waals surface area contributed by atoms with Crippen LogP contribution in [0.1, 0.15) is 25.0 Å². The molecule has 2 heterocycles. The minimum Gasteiger partial charge on any atom is -0.447 e. The molecule has 0 aromatic carbocycles. The first kappa shape index (κ1) is 11.5. The highest BCUT2D eigenvalue weighted by Crippen LogP contribution is 2.22. The summed E-state index contributed by atoms with van der Waals surface area (Å²) in [6.45, 7) is 4.09. The maximum absolute atomic E-state index is 11.0. The maximum atomic E-state index is 11.0. The number of carbonyl (C=O) groups is 1. The van der Waals surface area contributed by atoms with E-state index in [0.29, 0.717) is 6.54 Å². The first-order valence-electron chi connectivity index (χ1n) is 5.69. The molecule has 1 N–H and O–H groups in total. The molecular formula is C13H16N2O2. The van der Waals surface area contributed by atoms with E-state index < -0.39 is 0 Å². The number of carbonyl (C=O) groups excluding carboxylic acids is 1. The lowest BCUT2D eigenvalue weighted by Crippen LogP contribution is -2.20. The van der Waals surface area contributed by atoms with Gasteiger partial charge in [0.2, 0.25) is 11.8 Å². The van der Waals surface area contributed by atoms with Crippen molar-refractivity contribution in [1.82, 2.24) is 9.88 Å². The second-order valence-corrected chi connectivity index (χ2v) is 3.90. The Morgan fingerprint density at radius 2 is 2.12 bits per heavy atom. The molecule has 0 aliphatic carbocycles. The van der Waals surface area contributed by atoms with E-state index in [2.05, 4.69) is 12.2 Å². The predicted molar refractivity (Wildman–Crippen MR) is 64.9 cm³/mol. The molecule has 0 saturated carbocycles. The van der Waals surface area contributed by atoms with E-state index in [1.165, 1.54) is 6.92 Å². The van der Waals surface area contributed by atoms with Gasteiger partial charge in [0.25, 0.3) is 0 Å². The number of aryl methyl sites for hydroxylation is 1. The molecular weight excluding hydrogens is 216 g/mol. The molecule has 0 radical (unpaired) electrons. The first-order chi connectivity index (χ1) is 8.22. The molecule has 0 aliphatic heterocycles. The van der Waals surface area contributed by atoms with E-state index in [0.717, 1.165) is 23.4 Å². The Kier molecular flexibility index (Phi) is 3.32. The fourth-order valence-corrected chi connectivity index (χ4v) is 1.79. The number of furan rings is 1. The van der Waals surface area contributed by atoms with Gasteiger partial charge in [-0.05, 0) is 24.1 Å². The van der Waals surface area contributed by atoms with Gasteiger partial charge in [-0.15, -0.1) is 0 Å². The standard InChI is InChI=1S/C13H16N2O2/c1-3-11-9-17-13(15-6-4-5-7-15)12(11)8-14-10(2)16/h4-7,9H,3,8H2,1-2H3,(H,14,16). The van der Waals surface area contributed by atoms with Crippen LogP contribution in [-0.2, 0) is 17.8 Å². The molecule has 4 heteroatoms. The number of rotatable bonds is 4. The molecule has 0 aliphatic rings. The highest BCUT2D eigenvalue weighted by atomic mass is 16.3. The van der Waals surface area contributed by atoms with Crippen LogP contribution in [0.5, 0.6) is 0 Å². The second kappa shape index (κ2) is 4.91. The van der Waals surface area contributed by atoms with Crippen LogP contribution in [0.15, 0.2) is 35.2 Å². The summed E-state index contributed by atoms with van der Waals surface area (Å²) in [6.07, 6.45) is 6.50. The van der Waals surface area contributed by atoms with E-state index in [1.807, 2.05) is 29.1 Å². The summed E-state index contributed by atoms with van der Waals surface area (Å²) in [7, 11) is 0. The third kappa shape index (κ3) is 2.41. The molecule has 2 rings (SSSR count). The van der Waals surface area contributed by atoms with Crippen LogP contribution >= 0.6 is 0 Å². The molecule has 0 bridgehead atoms. The van der Waals surface area contributed by atoms with Crippen molar-refractivity contribution in [3.8, 4) is 5.88 Å². The van der Waals surface area contributed by atoms with Crippen molar-refractivity contribution in [2.75, 3.05) is 0 Å². The van der Waals surface area contributed by atoms with E-state index in [1.54, 1.807) is 6.26 Å². The van der Waals surface area contributed by atoms with E-state index in [-0.39, 0.29) is 5.91 Å². The van der Waals surface area contributed by atoms with Crippen LogP contribution in [0.4, 0.5) is 0 Å². The molecule has 2 aromatic rings. The summed E-state index contributed by atoms with van der Waals surface area (Å²) < 4.78 is 7.49. The predicted octanol–water partition coefficient (Wildman–Crippen LogP) is 2.27. The molecule has 17 heavy (non-hydrogen) atoms.